The molecule has 0 aliphatic heterocycles. The van der Waals surface area contributed by atoms with Crippen LogP contribution < -0.4 is 10.1 Å². The van der Waals surface area contributed by atoms with E-state index in [9.17, 15) is 5.11 Å². The molecule has 0 amide bonds. The Morgan fingerprint density at radius 2 is 2.11 bits per heavy atom. The van der Waals surface area contributed by atoms with Crippen LogP contribution in [0.25, 0.3) is 0 Å². The van der Waals surface area contributed by atoms with Crippen LogP contribution in [-0.4, -0.2) is 32.0 Å². The Kier molecular flexibility index (Phi) is 6.99. The normalized spacial score (nSPS) is 12.4. The summed E-state index contributed by atoms with van der Waals surface area (Å²) in [7, 11) is 3.19. The van der Waals surface area contributed by atoms with Crippen LogP contribution in [0.4, 0.5) is 0 Å². The van der Waals surface area contributed by atoms with Crippen molar-refractivity contribution in [2.75, 3.05) is 20.8 Å². The summed E-state index contributed by atoms with van der Waals surface area (Å²) in [5, 5.41) is 13.9. The molecule has 0 aliphatic carbocycles. The number of aromatic hydroxyl groups is 1. The SMILES string of the molecule is CCCC(COC)NCc1cc(Cl)cc(OC)c1O. The fraction of sp³-hybridized carbons (Fsp3) is 0.571. The minimum absolute atomic E-state index is 0.132. The first-order valence-corrected chi connectivity index (χ1v) is 6.77. The molecule has 0 spiro atoms. The van der Waals surface area contributed by atoms with E-state index in [0.29, 0.717) is 23.9 Å². The highest BCUT2D eigenvalue weighted by Gasteiger charge is 2.12. The van der Waals surface area contributed by atoms with Gasteiger partial charge in [-0.3, -0.25) is 0 Å². The third-order valence-electron chi connectivity index (χ3n) is 2.92. The molecule has 0 saturated carbocycles. The lowest BCUT2D eigenvalue weighted by atomic mass is 10.1. The summed E-state index contributed by atoms with van der Waals surface area (Å²) in [6, 6.07) is 3.60. The number of halogens is 1. The zero-order valence-electron chi connectivity index (χ0n) is 11.7. The standard InChI is InChI=1S/C14H22ClNO3/c1-4-5-12(9-18-2)16-8-10-6-11(15)7-13(19-3)14(10)17/h6-7,12,16-17H,4-5,8-9H2,1-3H3. The lowest BCUT2D eigenvalue weighted by Crippen LogP contribution is -2.32. The molecule has 1 atom stereocenters. The molecule has 2 N–H and O–H groups in total. The second-order valence-electron chi connectivity index (χ2n) is 4.44. The van der Waals surface area contributed by atoms with E-state index in [4.69, 9.17) is 21.1 Å². The van der Waals surface area contributed by atoms with Crippen molar-refractivity contribution in [3.63, 3.8) is 0 Å². The van der Waals surface area contributed by atoms with E-state index in [2.05, 4.69) is 12.2 Å². The number of benzene rings is 1. The number of phenolic OH excluding ortho intramolecular Hbond substituents is 1. The maximum absolute atomic E-state index is 10.0. The summed E-state index contributed by atoms with van der Waals surface area (Å²) in [4.78, 5) is 0. The van der Waals surface area contributed by atoms with E-state index in [1.54, 1.807) is 19.2 Å². The lowest BCUT2D eigenvalue weighted by molar-refractivity contribution is 0.161. The average Bonchev–Trinajstić information content (AvgIpc) is 2.39. The quantitative estimate of drug-likeness (QED) is 0.772. The van der Waals surface area contributed by atoms with Crippen LogP contribution in [0.3, 0.4) is 0 Å². The molecule has 5 heteroatoms. The van der Waals surface area contributed by atoms with Gasteiger partial charge in [-0.15, -0.1) is 0 Å². The first kappa shape index (κ1) is 16.1. The van der Waals surface area contributed by atoms with Gasteiger partial charge in [0.1, 0.15) is 0 Å². The molecule has 0 heterocycles. The molecular formula is C14H22ClNO3. The Labute approximate surface area is 119 Å². The number of phenols is 1. The maximum atomic E-state index is 10.0. The zero-order chi connectivity index (χ0) is 14.3. The minimum Gasteiger partial charge on any atom is -0.504 e. The van der Waals surface area contributed by atoms with Gasteiger partial charge in [0, 0.05) is 36.3 Å². The molecule has 1 rings (SSSR count). The highest BCUT2D eigenvalue weighted by atomic mass is 35.5. The summed E-state index contributed by atoms with van der Waals surface area (Å²) in [5.74, 6) is 0.523. The third-order valence-corrected chi connectivity index (χ3v) is 3.14. The number of hydrogen-bond donors (Lipinski definition) is 2. The van der Waals surface area contributed by atoms with Crippen molar-refractivity contribution in [1.29, 1.82) is 0 Å². The molecular weight excluding hydrogens is 266 g/mol. The van der Waals surface area contributed by atoms with Crippen molar-refractivity contribution in [3.8, 4) is 11.5 Å². The monoisotopic (exact) mass is 287 g/mol. The molecule has 0 saturated heterocycles. The van der Waals surface area contributed by atoms with E-state index < -0.39 is 0 Å². The van der Waals surface area contributed by atoms with E-state index in [-0.39, 0.29) is 11.8 Å². The topological polar surface area (TPSA) is 50.7 Å². The number of nitrogens with one attached hydrogen (secondary N) is 1. The van der Waals surface area contributed by atoms with Gasteiger partial charge >= 0.3 is 0 Å². The first-order valence-electron chi connectivity index (χ1n) is 6.40. The van der Waals surface area contributed by atoms with Crippen molar-refractivity contribution in [2.24, 2.45) is 0 Å². The smallest absolute Gasteiger partial charge is 0.162 e. The molecule has 0 fully saturated rings. The van der Waals surface area contributed by atoms with Gasteiger partial charge in [-0.1, -0.05) is 24.9 Å². The molecule has 1 aromatic rings. The molecule has 0 aromatic heterocycles. The fourth-order valence-corrected chi connectivity index (χ4v) is 2.20. The number of methoxy groups -OCH3 is 2. The van der Waals surface area contributed by atoms with Crippen molar-refractivity contribution in [3.05, 3.63) is 22.7 Å². The summed E-state index contributed by atoms with van der Waals surface area (Å²) in [6.45, 7) is 3.30. The average molecular weight is 288 g/mol. The van der Waals surface area contributed by atoms with E-state index in [1.807, 2.05) is 0 Å². The first-order chi connectivity index (χ1) is 9.12. The molecule has 1 unspecified atom stereocenters. The molecule has 1 aromatic carbocycles. The van der Waals surface area contributed by atoms with Crippen LogP contribution in [0.5, 0.6) is 11.5 Å². The van der Waals surface area contributed by atoms with E-state index in [0.717, 1.165) is 18.4 Å². The molecule has 19 heavy (non-hydrogen) atoms. The van der Waals surface area contributed by atoms with Crippen molar-refractivity contribution < 1.29 is 14.6 Å². The Bertz CT molecular complexity index is 393. The van der Waals surface area contributed by atoms with Gasteiger partial charge < -0.3 is 19.9 Å². The Balaban J connectivity index is 2.73. The van der Waals surface area contributed by atoms with Crippen LogP contribution in [0.2, 0.25) is 5.02 Å². The fourth-order valence-electron chi connectivity index (χ4n) is 1.97. The highest BCUT2D eigenvalue weighted by Crippen LogP contribution is 2.33. The third kappa shape index (κ3) is 4.90. The number of ether oxygens (including phenoxy) is 2. The summed E-state index contributed by atoms with van der Waals surface area (Å²) >= 11 is 5.99. The minimum atomic E-state index is 0.132. The van der Waals surface area contributed by atoms with Gasteiger partial charge in [0.05, 0.1) is 13.7 Å². The van der Waals surface area contributed by atoms with Gasteiger partial charge in [-0.05, 0) is 12.5 Å². The predicted molar refractivity (Wildman–Crippen MR) is 77.1 cm³/mol. The number of hydrogen-bond acceptors (Lipinski definition) is 4. The molecule has 0 aliphatic rings. The van der Waals surface area contributed by atoms with Gasteiger partial charge in [-0.2, -0.15) is 0 Å². The molecule has 4 nitrogen and oxygen atoms in total. The molecule has 0 bridgehead atoms. The highest BCUT2D eigenvalue weighted by molar-refractivity contribution is 6.30. The second kappa shape index (κ2) is 8.25. The van der Waals surface area contributed by atoms with Crippen molar-refractivity contribution >= 4 is 11.6 Å². The van der Waals surface area contributed by atoms with Crippen LogP contribution in [0.1, 0.15) is 25.3 Å². The maximum Gasteiger partial charge on any atom is 0.162 e. The molecule has 108 valence electrons. The molecule has 0 radical (unpaired) electrons. The summed E-state index contributed by atoms with van der Waals surface area (Å²) in [6.07, 6.45) is 2.10. The van der Waals surface area contributed by atoms with Crippen LogP contribution >= 0.6 is 11.6 Å². The Morgan fingerprint density at radius 1 is 1.37 bits per heavy atom. The van der Waals surface area contributed by atoms with Crippen molar-refractivity contribution in [1.82, 2.24) is 5.32 Å². The van der Waals surface area contributed by atoms with Gasteiger partial charge in [-0.25, -0.2) is 0 Å². The largest absolute Gasteiger partial charge is 0.504 e. The van der Waals surface area contributed by atoms with E-state index in [1.165, 1.54) is 7.11 Å². The van der Waals surface area contributed by atoms with Gasteiger partial charge in [0.2, 0.25) is 0 Å². The Hall–Kier alpha value is -0.970. The van der Waals surface area contributed by atoms with Crippen LogP contribution in [0, 0.1) is 0 Å². The van der Waals surface area contributed by atoms with Crippen LogP contribution in [-0.2, 0) is 11.3 Å². The van der Waals surface area contributed by atoms with Crippen LogP contribution in [0.15, 0.2) is 12.1 Å². The Morgan fingerprint density at radius 3 is 2.68 bits per heavy atom. The number of rotatable bonds is 8. The predicted octanol–water partition coefficient (Wildman–Crippen LogP) is 2.96. The summed E-state index contributed by atoms with van der Waals surface area (Å²) < 4.78 is 10.2. The van der Waals surface area contributed by atoms with E-state index >= 15 is 0 Å². The zero-order valence-corrected chi connectivity index (χ0v) is 12.5. The van der Waals surface area contributed by atoms with Gasteiger partial charge in [0.15, 0.2) is 11.5 Å². The summed E-state index contributed by atoms with van der Waals surface area (Å²) in [5.41, 5.74) is 0.724. The van der Waals surface area contributed by atoms with Gasteiger partial charge in [0.25, 0.3) is 0 Å². The lowest BCUT2D eigenvalue weighted by Gasteiger charge is -2.18. The second-order valence-corrected chi connectivity index (χ2v) is 4.87. The van der Waals surface area contributed by atoms with Crippen molar-refractivity contribution in [2.45, 2.75) is 32.4 Å².